The zero-order valence-electron chi connectivity index (χ0n) is 5.86. The molecule has 0 saturated heterocycles. The van der Waals surface area contributed by atoms with Gasteiger partial charge in [-0.1, -0.05) is 5.16 Å². The molecule has 0 amide bonds. The van der Waals surface area contributed by atoms with Gasteiger partial charge < -0.3 is 14.4 Å². The van der Waals surface area contributed by atoms with Crippen LogP contribution in [0.2, 0.25) is 0 Å². The Hall–Kier alpha value is -1.23. The molecule has 0 aliphatic carbocycles. The Morgan fingerprint density at radius 1 is 1.64 bits per heavy atom. The second-order valence-corrected chi connectivity index (χ2v) is 1.95. The Kier molecular flexibility index (Phi) is 2.74. The largest absolute Gasteiger partial charge is 0.396 e. The van der Waals surface area contributed by atoms with E-state index < -0.39 is 0 Å². The summed E-state index contributed by atoms with van der Waals surface area (Å²) in [4.78, 5) is 13.8. The number of rotatable bonds is 4. The van der Waals surface area contributed by atoms with Crippen LogP contribution in [0.4, 0.5) is 0 Å². The van der Waals surface area contributed by atoms with Gasteiger partial charge in [0.05, 0.1) is 19.4 Å². The smallest absolute Gasteiger partial charge is 0.228 e. The normalized spacial score (nSPS) is 9.91. The van der Waals surface area contributed by atoms with Gasteiger partial charge in [0.1, 0.15) is 6.29 Å². The highest BCUT2D eigenvalue weighted by atomic mass is 16.5. The molecule has 0 aliphatic rings. The molecule has 5 heteroatoms. The number of carbonyl (C=O) groups is 1. The van der Waals surface area contributed by atoms with Crippen molar-refractivity contribution in [3.63, 3.8) is 0 Å². The maximum absolute atomic E-state index is 9.97. The van der Waals surface area contributed by atoms with E-state index in [0.29, 0.717) is 24.4 Å². The summed E-state index contributed by atoms with van der Waals surface area (Å²) in [5, 5.41) is 12.0. The number of aromatic nitrogens is 2. The second kappa shape index (κ2) is 3.82. The molecule has 1 aromatic rings. The molecular weight excluding hydrogens is 148 g/mol. The van der Waals surface area contributed by atoms with Crippen molar-refractivity contribution in [2.24, 2.45) is 0 Å². The Bertz CT molecular complexity index is 233. The van der Waals surface area contributed by atoms with E-state index in [1.807, 2.05) is 0 Å². The van der Waals surface area contributed by atoms with E-state index in [1.165, 1.54) is 0 Å². The lowest BCUT2D eigenvalue weighted by molar-refractivity contribution is -0.107. The summed E-state index contributed by atoms with van der Waals surface area (Å²) in [7, 11) is 0. The van der Waals surface area contributed by atoms with Gasteiger partial charge in [-0.05, 0) is 0 Å². The predicted octanol–water partition coefficient (Wildman–Crippen LogP) is -0.654. The molecular formula is C6H8N2O3. The first-order chi connectivity index (χ1) is 5.36. The molecule has 1 N–H and O–H groups in total. The molecule has 0 unspecified atom stereocenters. The van der Waals surface area contributed by atoms with E-state index in [4.69, 9.17) is 5.11 Å². The number of carbonyl (C=O) groups excluding carboxylic acids is 1. The van der Waals surface area contributed by atoms with Crippen LogP contribution in [-0.4, -0.2) is 28.1 Å². The Morgan fingerprint density at radius 3 is 3.09 bits per heavy atom. The van der Waals surface area contributed by atoms with Crippen LogP contribution < -0.4 is 0 Å². The lowest BCUT2D eigenvalue weighted by Gasteiger charge is -1.82. The first-order valence-corrected chi connectivity index (χ1v) is 3.22. The van der Waals surface area contributed by atoms with Crippen LogP contribution in [0.5, 0.6) is 0 Å². The van der Waals surface area contributed by atoms with Gasteiger partial charge in [0.15, 0.2) is 5.82 Å². The van der Waals surface area contributed by atoms with Gasteiger partial charge in [0.25, 0.3) is 0 Å². The Morgan fingerprint density at radius 2 is 2.45 bits per heavy atom. The first-order valence-electron chi connectivity index (χ1n) is 3.22. The number of aldehydes is 1. The highest BCUT2D eigenvalue weighted by molar-refractivity contribution is 5.52. The van der Waals surface area contributed by atoms with Crippen LogP contribution in [0.3, 0.4) is 0 Å². The lowest BCUT2D eigenvalue weighted by Crippen LogP contribution is -1.92. The van der Waals surface area contributed by atoms with Crippen molar-refractivity contribution in [1.29, 1.82) is 0 Å². The van der Waals surface area contributed by atoms with Crippen LogP contribution >= 0.6 is 0 Å². The van der Waals surface area contributed by atoms with Crippen LogP contribution in [0, 0.1) is 0 Å². The minimum absolute atomic E-state index is 0.0251. The number of aliphatic hydroxyl groups is 1. The standard InChI is InChI=1S/C6H8N2O3/c9-3-1-5-7-6(2-4-10)11-8-5/h3,10H,1-2,4H2. The van der Waals surface area contributed by atoms with Crippen molar-refractivity contribution in [3.8, 4) is 0 Å². The SMILES string of the molecule is O=CCc1noc(CCO)n1. The molecule has 0 aromatic carbocycles. The molecule has 0 saturated carbocycles. The van der Waals surface area contributed by atoms with Crippen LogP contribution in [0.1, 0.15) is 11.7 Å². The summed E-state index contributed by atoms with van der Waals surface area (Å²) in [6.45, 7) is -0.0251. The third-order valence-corrected chi connectivity index (χ3v) is 1.10. The summed E-state index contributed by atoms with van der Waals surface area (Å²) in [5.74, 6) is 0.729. The molecule has 0 bridgehead atoms. The Labute approximate surface area is 63.0 Å². The van der Waals surface area contributed by atoms with Gasteiger partial charge in [-0.15, -0.1) is 0 Å². The molecule has 60 valence electrons. The Balaban J connectivity index is 2.57. The number of nitrogens with zero attached hydrogens (tertiary/aromatic N) is 2. The van der Waals surface area contributed by atoms with E-state index in [-0.39, 0.29) is 13.0 Å². The number of aliphatic hydroxyl groups excluding tert-OH is 1. The second-order valence-electron chi connectivity index (χ2n) is 1.95. The lowest BCUT2D eigenvalue weighted by atomic mass is 10.4. The third kappa shape index (κ3) is 2.12. The maximum Gasteiger partial charge on any atom is 0.228 e. The van der Waals surface area contributed by atoms with Gasteiger partial charge in [-0.3, -0.25) is 0 Å². The van der Waals surface area contributed by atoms with E-state index in [9.17, 15) is 4.79 Å². The van der Waals surface area contributed by atoms with Crippen LogP contribution in [-0.2, 0) is 17.6 Å². The van der Waals surface area contributed by atoms with Gasteiger partial charge in [-0.25, -0.2) is 0 Å². The summed E-state index contributed by atoms with van der Waals surface area (Å²) in [6.07, 6.45) is 1.20. The zero-order chi connectivity index (χ0) is 8.10. The van der Waals surface area contributed by atoms with Gasteiger partial charge in [0, 0.05) is 0 Å². The average Bonchev–Trinajstić information content (AvgIpc) is 2.38. The van der Waals surface area contributed by atoms with Gasteiger partial charge >= 0.3 is 0 Å². The zero-order valence-corrected chi connectivity index (χ0v) is 5.86. The average molecular weight is 156 g/mol. The van der Waals surface area contributed by atoms with Crippen molar-refractivity contribution in [1.82, 2.24) is 10.1 Å². The van der Waals surface area contributed by atoms with Gasteiger partial charge in [-0.2, -0.15) is 4.98 Å². The van der Waals surface area contributed by atoms with Crippen molar-refractivity contribution in [3.05, 3.63) is 11.7 Å². The van der Waals surface area contributed by atoms with Gasteiger partial charge in [0.2, 0.25) is 5.89 Å². The molecule has 0 radical (unpaired) electrons. The van der Waals surface area contributed by atoms with E-state index in [2.05, 4.69) is 14.7 Å². The highest BCUT2D eigenvalue weighted by Crippen LogP contribution is 1.96. The van der Waals surface area contributed by atoms with Crippen molar-refractivity contribution in [2.45, 2.75) is 12.8 Å². The molecule has 1 rings (SSSR count). The third-order valence-electron chi connectivity index (χ3n) is 1.10. The molecule has 0 aliphatic heterocycles. The van der Waals surface area contributed by atoms with Crippen molar-refractivity contribution in [2.75, 3.05) is 6.61 Å². The van der Waals surface area contributed by atoms with E-state index >= 15 is 0 Å². The number of hydrogen-bond acceptors (Lipinski definition) is 5. The highest BCUT2D eigenvalue weighted by Gasteiger charge is 2.03. The van der Waals surface area contributed by atoms with E-state index in [0.717, 1.165) is 0 Å². The summed E-state index contributed by atoms with van der Waals surface area (Å²) < 4.78 is 4.68. The molecule has 0 spiro atoms. The fourth-order valence-electron chi connectivity index (χ4n) is 0.645. The summed E-state index contributed by atoms with van der Waals surface area (Å²) in [6, 6.07) is 0. The molecule has 0 fully saturated rings. The molecule has 1 heterocycles. The fraction of sp³-hybridized carbons (Fsp3) is 0.500. The minimum atomic E-state index is -0.0251. The predicted molar refractivity (Wildman–Crippen MR) is 34.9 cm³/mol. The summed E-state index contributed by atoms with van der Waals surface area (Å²) in [5.41, 5.74) is 0. The minimum Gasteiger partial charge on any atom is -0.396 e. The molecule has 11 heavy (non-hydrogen) atoms. The first kappa shape index (κ1) is 7.87. The topological polar surface area (TPSA) is 76.2 Å². The fourth-order valence-corrected chi connectivity index (χ4v) is 0.645. The van der Waals surface area contributed by atoms with Crippen molar-refractivity contribution >= 4 is 6.29 Å². The monoisotopic (exact) mass is 156 g/mol. The molecule has 0 atom stereocenters. The van der Waals surface area contributed by atoms with Crippen LogP contribution in [0.25, 0.3) is 0 Å². The maximum atomic E-state index is 9.97. The van der Waals surface area contributed by atoms with Crippen LogP contribution in [0.15, 0.2) is 4.52 Å². The quantitative estimate of drug-likeness (QED) is 0.586. The molecule has 5 nitrogen and oxygen atoms in total. The summed E-state index contributed by atoms with van der Waals surface area (Å²) >= 11 is 0. The van der Waals surface area contributed by atoms with E-state index in [1.54, 1.807) is 0 Å². The molecule has 1 aromatic heterocycles. The number of hydrogen-bond donors (Lipinski definition) is 1. The van der Waals surface area contributed by atoms with Crippen molar-refractivity contribution < 1.29 is 14.4 Å².